The van der Waals surface area contributed by atoms with Crippen LogP contribution in [0.5, 0.6) is 17.2 Å². The van der Waals surface area contributed by atoms with Crippen LogP contribution in [0.15, 0.2) is 71.8 Å². The molecule has 0 atom stereocenters. The molecule has 0 spiro atoms. The Bertz CT molecular complexity index is 1270. The molecule has 0 aliphatic carbocycles. The zero-order valence-electron chi connectivity index (χ0n) is 20.9. The number of ether oxygens (including phenoxy) is 3. The van der Waals surface area contributed by atoms with E-state index in [1.54, 1.807) is 61.5 Å². The van der Waals surface area contributed by atoms with Crippen molar-refractivity contribution in [2.75, 3.05) is 18.5 Å². The monoisotopic (exact) mass is 503 g/mol. The molecule has 192 valence electrons. The van der Waals surface area contributed by atoms with E-state index in [1.807, 2.05) is 26.0 Å². The molecule has 0 bridgehead atoms. The van der Waals surface area contributed by atoms with Gasteiger partial charge >= 0.3 is 17.8 Å². The maximum atomic E-state index is 12.6. The maximum Gasteiger partial charge on any atom is 0.343 e. The van der Waals surface area contributed by atoms with Crippen LogP contribution in [0.2, 0.25) is 0 Å². The van der Waals surface area contributed by atoms with Gasteiger partial charge in [-0.15, -0.1) is 0 Å². The molecule has 0 aromatic heterocycles. The first-order valence-electron chi connectivity index (χ1n) is 11.8. The molecule has 0 unspecified atom stereocenters. The minimum atomic E-state index is -0.916. The first kappa shape index (κ1) is 26.9. The Morgan fingerprint density at radius 3 is 2.35 bits per heavy atom. The van der Waals surface area contributed by atoms with Gasteiger partial charge < -0.3 is 19.5 Å². The van der Waals surface area contributed by atoms with Crippen molar-refractivity contribution >= 4 is 29.7 Å². The van der Waals surface area contributed by atoms with Gasteiger partial charge in [0.25, 0.3) is 0 Å². The lowest BCUT2D eigenvalue weighted by atomic mass is 10.2. The fraction of sp³-hybridized carbons (Fsp3) is 0.214. The second kappa shape index (κ2) is 13.4. The van der Waals surface area contributed by atoms with Crippen molar-refractivity contribution < 1.29 is 28.6 Å². The smallest absolute Gasteiger partial charge is 0.343 e. The number of hydrogen-bond donors (Lipinski definition) is 2. The highest BCUT2D eigenvalue weighted by Crippen LogP contribution is 2.29. The van der Waals surface area contributed by atoms with Crippen LogP contribution in [0.4, 0.5) is 5.69 Å². The van der Waals surface area contributed by atoms with Crippen molar-refractivity contribution in [1.82, 2.24) is 5.43 Å². The summed E-state index contributed by atoms with van der Waals surface area (Å²) in [5.41, 5.74) is 4.48. The lowest BCUT2D eigenvalue weighted by molar-refractivity contribution is -0.136. The number of para-hydroxylation sites is 1. The summed E-state index contributed by atoms with van der Waals surface area (Å²) in [7, 11) is 0. The lowest BCUT2D eigenvalue weighted by Crippen LogP contribution is -2.32. The maximum absolute atomic E-state index is 12.6. The Hall–Kier alpha value is -4.66. The predicted molar refractivity (Wildman–Crippen MR) is 140 cm³/mol. The average molecular weight is 504 g/mol. The molecule has 3 aromatic carbocycles. The third-order valence-electron chi connectivity index (χ3n) is 5.01. The molecular weight excluding hydrogens is 474 g/mol. The number of amides is 2. The molecular formula is C28H29N3O6. The van der Waals surface area contributed by atoms with E-state index >= 15 is 0 Å². The van der Waals surface area contributed by atoms with Crippen LogP contribution in [-0.2, 0) is 9.59 Å². The van der Waals surface area contributed by atoms with Crippen molar-refractivity contribution in [2.24, 2.45) is 5.10 Å². The van der Waals surface area contributed by atoms with E-state index in [2.05, 4.69) is 15.8 Å². The minimum Gasteiger partial charge on any atom is -0.494 e. The molecule has 0 saturated carbocycles. The molecule has 0 radical (unpaired) electrons. The van der Waals surface area contributed by atoms with Crippen molar-refractivity contribution in [1.29, 1.82) is 0 Å². The quantitative estimate of drug-likeness (QED) is 0.138. The van der Waals surface area contributed by atoms with Gasteiger partial charge in [-0.05, 0) is 79.9 Å². The second-order valence-electron chi connectivity index (χ2n) is 7.87. The van der Waals surface area contributed by atoms with Gasteiger partial charge in [-0.1, -0.05) is 25.1 Å². The summed E-state index contributed by atoms with van der Waals surface area (Å²) in [4.78, 5) is 36.8. The Labute approximate surface area is 215 Å². The van der Waals surface area contributed by atoms with Gasteiger partial charge in [0, 0.05) is 5.69 Å². The SMILES string of the molecule is CCCOc1ccc(C(=O)Oc2ccc(C=NNC(=O)C(=O)Nc3ccccc3C)cc2OCC)cc1. The van der Waals surface area contributed by atoms with E-state index in [4.69, 9.17) is 14.2 Å². The number of nitrogens with one attached hydrogen (secondary N) is 2. The summed E-state index contributed by atoms with van der Waals surface area (Å²) in [6, 6.07) is 18.6. The molecule has 0 fully saturated rings. The molecule has 0 aliphatic rings. The molecule has 3 rings (SSSR count). The molecule has 9 nitrogen and oxygen atoms in total. The van der Waals surface area contributed by atoms with Gasteiger partial charge in [0.1, 0.15) is 5.75 Å². The predicted octanol–water partition coefficient (Wildman–Crippen LogP) is 4.49. The Morgan fingerprint density at radius 2 is 1.65 bits per heavy atom. The van der Waals surface area contributed by atoms with Gasteiger partial charge in [-0.25, -0.2) is 10.2 Å². The van der Waals surface area contributed by atoms with Crippen LogP contribution in [0, 0.1) is 6.92 Å². The third kappa shape index (κ3) is 7.93. The van der Waals surface area contributed by atoms with Gasteiger partial charge in [-0.2, -0.15) is 5.10 Å². The van der Waals surface area contributed by atoms with E-state index < -0.39 is 17.8 Å². The number of nitrogens with zero attached hydrogens (tertiary/aromatic N) is 1. The fourth-order valence-electron chi connectivity index (χ4n) is 3.13. The molecule has 37 heavy (non-hydrogen) atoms. The molecule has 3 aromatic rings. The average Bonchev–Trinajstić information content (AvgIpc) is 2.90. The first-order valence-corrected chi connectivity index (χ1v) is 11.8. The molecule has 0 saturated heterocycles. The zero-order chi connectivity index (χ0) is 26.6. The second-order valence-corrected chi connectivity index (χ2v) is 7.87. The van der Waals surface area contributed by atoms with Crippen molar-refractivity contribution in [3.05, 3.63) is 83.4 Å². The van der Waals surface area contributed by atoms with Gasteiger partial charge in [0.2, 0.25) is 0 Å². The number of carbonyl (C=O) groups excluding carboxylic acids is 3. The highest BCUT2D eigenvalue weighted by molar-refractivity contribution is 6.39. The van der Waals surface area contributed by atoms with Crippen LogP contribution in [0.25, 0.3) is 0 Å². The van der Waals surface area contributed by atoms with Crippen molar-refractivity contribution in [3.8, 4) is 17.2 Å². The number of anilines is 1. The molecule has 0 heterocycles. The number of esters is 1. The highest BCUT2D eigenvalue weighted by atomic mass is 16.6. The van der Waals surface area contributed by atoms with Crippen molar-refractivity contribution in [2.45, 2.75) is 27.2 Å². The van der Waals surface area contributed by atoms with Crippen LogP contribution in [-0.4, -0.2) is 37.2 Å². The van der Waals surface area contributed by atoms with E-state index in [-0.39, 0.29) is 5.75 Å². The topological polar surface area (TPSA) is 115 Å². The van der Waals surface area contributed by atoms with E-state index in [0.29, 0.717) is 41.5 Å². The standard InChI is InChI=1S/C28H29N3O6/c1-4-16-36-22-13-11-21(12-14-22)28(34)37-24-15-10-20(17-25(24)35-5-2)18-29-31-27(33)26(32)30-23-9-7-6-8-19(23)3/h6-15,17-18H,4-5,16H2,1-3H3,(H,30,32)(H,31,33). The van der Waals surface area contributed by atoms with E-state index in [1.165, 1.54) is 6.21 Å². The van der Waals surface area contributed by atoms with E-state index in [0.717, 1.165) is 12.0 Å². The Kier molecular flexibility index (Phi) is 9.78. The summed E-state index contributed by atoms with van der Waals surface area (Å²) in [5.74, 6) is -1.06. The summed E-state index contributed by atoms with van der Waals surface area (Å²) in [6.07, 6.45) is 2.24. The Balaban J connectivity index is 1.62. The van der Waals surface area contributed by atoms with E-state index in [9.17, 15) is 14.4 Å². The fourth-order valence-corrected chi connectivity index (χ4v) is 3.13. The van der Waals surface area contributed by atoms with Crippen LogP contribution < -0.4 is 25.0 Å². The number of rotatable bonds is 10. The number of benzene rings is 3. The highest BCUT2D eigenvalue weighted by Gasteiger charge is 2.15. The molecule has 9 heteroatoms. The first-order chi connectivity index (χ1) is 17.9. The largest absolute Gasteiger partial charge is 0.494 e. The van der Waals surface area contributed by atoms with Gasteiger partial charge in [-0.3, -0.25) is 9.59 Å². The molecule has 2 N–H and O–H groups in total. The Morgan fingerprint density at radius 1 is 0.892 bits per heavy atom. The number of aryl methyl sites for hydroxylation is 1. The number of carbonyl (C=O) groups is 3. The number of hydrazone groups is 1. The molecule has 0 aliphatic heterocycles. The third-order valence-corrected chi connectivity index (χ3v) is 5.01. The number of hydrogen-bond acceptors (Lipinski definition) is 7. The van der Waals surface area contributed by atoms with Crippen LogP contribution >= 0.6 is 0 Å². The van der Waals surface area contributed by atoms with Gasteiger partial charge in [0.05, 0.1) is 25.0 Å². The minimum absolute atomic E-state index is 0.233. The summed E-state index contributed by atoms with van der Waals surface area (Å²) in [5, 5.41) is 6.37. The van der Waals surface area contributed by atoms with Crippen LogP contribution in [0.3, 0.4) is 0 Å². The summed E-state index contributed by atoms with van der Waals surface area (Å²) >= 11 is 0. The lowest BCUT2D eigenvalue weighted by Gasteiger charge is -2.12. The summed E-state index contributed by atoms with van der Waals surface area (Å²) in [6.45, 7) is 6.57. The van der Waals surface area contributed by atoms with Gasteiger partial charge in [0.15, 0.2) is 11.5 Å². The zero-order valence-corrected chi connectivity index (χ0v) is 20.9. The molecule has 2 amide bonds. The summed E-state index contributed by atoms with van der Waals surface area (Å²) < 4.78 is 16.7. The van der Waals surface area contributed by atoms with Crippen molar-refractivity contribution in [3.63, 3.8) is 0 Å². The normalized spacial score (nSPS) is 10.6. The van der Waals surface area contributed by atoms with Crippen LogP contribution in [0.1, 0.15) is 41.8 Å².